The van der Waals surface area contributed by atoms with Crippen LogP contribution in [0.3, 0.4) is 0 Å². The van der Waals surface area contributed by atoms with Crippen LogP contribution in [-0.2, 0) is 11.2 Å². The zero-order chi connectivity index (χ0) is 26.1. The van der Waals surface area contributed by atoms with Crippen molar-refractivity contribution in [2.24, 2.45) is 5.41 Å². The van der Waals surface area contributed by atoms with Crippen LogP contribution in [0.15, 0.2) is 67.0 Å². The first-order valence-electron chi connectivity index (χ1n) is 12.2. The van der Waals surface area contributed by atoms with Crippen LogP contribution in [0.5, 0.6) is 5.75 Å². The largest absolute Gasteiger partial charge is 0.493 e. The Hall–Kier alpha value is -3.80. The van der Waals surface area contributed by atoms with Gasteiger partial charge in [0.2, 0.25) is 0 Å². The molecule has 6 heteroatoms. The van der Waals surface area contributed by atoms with Gasteiger partial charge in [0, 0.05) is 29.8 Å². The molecule has 36 heavy (non-hydrogen) atoms. The molecule has 0 bridgehead atoms. The minimum atomic E-state index is -0.476. The Morgan fingerprint density at radius 2 is 1.72 bits per heavy atom. The fourth-order valence-electron chi connectivity index (χ4n) is 3.79. The number of nitrogens with one attached hydrogen (secondary N) is 1. The van der Waals surface area contributed by atoms with E-state index in [1.807, 2.05) is 33.8 Å². The molecule has 0 aliphatic rings. The highest BCUT2D eigenvalue weighted by Crippen LogP contribution is 2.26. The van der Waals surface area contributed by atoms with Crippen molar-refractivity contribution in [3.05, 3.63) is 94.8 Å². The highest BCUT2D eigenvalue weighted by Gasteiger charge is 2.27. The summed E-state index contributed by atoms with van der Waals surface area (Å²) in [4.78, 5) is 41.4. The summed E-state index contributed by atoms with van der Waals surface area (Å²) in [6.07, 6.45) is 4.84. The maximum absolute atomic E-state index is 13.0. The lowest BCUT2D eigenvalue weighted by molar-refractivity contribution is -0.126. The zero-order valence-corrected chi connectivity index (χ0v) is 21.5. The predicted octanol–water partition coefficient (Wildman–Crippen LogP) is 5.31. The van der Waals surface area contributed by atoms with Crippen molar-refractivity contribution in [3.63, 3.8) is 0 Å². The van der Waals surface area contributed by atoms with Gasteiger partial charge in [0.1, 0.15) is 11.5 Å². The molecule has 0 radical (unpaired) electrons. The van der Waals surface area contributed by atoms with E-state index in [2.05, 4.69) is 22.4 Å². The fraction of sp³-hybridized carbons (Fsp3) is 0.333. The number of ketones is 2. The molecule has 0 aliphatic carbocycles. The number of nitrogens with zero attached hydrogens (tertiary/aromatic N) is 1. The summed E-state index contributed by atoms with van der Waals surface area (Å²) in [7, 11) is 0. The van der Waals surface area contributed by atoms with Crippen molar-refractivity contribution in [2.45, 2.75) is 47.0 Å². The number of carbonyl (C=O) groups excluding carboxylic acids is 3. The normalized spacial score (nSPS) is 11.1. The summed E-state index contributed by atoms with van der Waals surface area (Å²) in [6, 6.07) is 16.5. The van der Waals surface area contributed by atoms with Crippen LogP contribution in [0.25, 0.3) is 0 Å². The summed E-state index contributed by atoms with van der Waals surface area (Å²) >= 11 is 0. The average molecular weight is 487 g/mol. The number of hydrogen-bond acceptors (Lipinski definition) is 5. The molecule has 3 aromatic rings. The van der Waals surface area contributed by atoms with Crippen molar-refractivity contribution in [1.29, 1.82) is 0 Å². The molecule has 0 saturated heterocycles. The van der Waals surface area contributed by atoms with Crippen LogP contribution in [0.1, 0.15) is 64.1 Å². The second-order valence-corrected chi connectivity index (χ2v) is 9.75. The van der Waals surface area contributed by atoms with Crippen LogP contribution in [0.4, 0.5) is 0 Å². The summed E-state index contributed by atoms with van der Waals surface area (Å²) < 4.78 is 5.93. The minimum Gasteiger partial charge on any atom is -0.493 e. The minimum absolute atomic E-state index is 0.108. The smallest absolute Gasteiger partial charge is 0.253 e. The number of Topliss-reactive ketones (excluding diaryl/α,β-unsaturated/α-hetero) is 2. The summed E-state index contributed by atoms with van der Waals surface area (Å²) in [5.41, 5.74) is 3.53. The molecule has 0 saturated carbocycles. The number of benzene rings is 2. The third-order valence-electron chi connectivity index (χ3n) is 6.28. The van der Waals surface area contributed by atoms with Crippen molar-refractivity contribution >= 4 is 17.5 Å². The number of aromatic nitrogens is 1. The Labute approximate surface area is 213 Å². The van der Waals surface area contributed by atoms with Crippen molar-refractivity contribution in [1.82, 2.24) is 10.3 Å². The van der Waals surface area contributed by atoms with Gasteiger partial charge in [-0.1, -0.05) is 50.2 Å². The van der Waals surface area contributed by atoms with Gasteiger partial charge in [-0.3, -0.25) is 19.4 Å². The van der Waals surface area contributed by atoms with Gasteiger partial charge in [-0.25, -0.2) is 0 Å². The molecule has 0 aliphatic heterocycles. The van der Waals surface area contributed by atoms with E-state index >= 15 is 0 Å². The van der Waals surface area contributed by atoms with Crippen molar-refractivity contribution < 1.29 is 19.1 Å². The molecule has 0 atom stereocenters. The maximum atomic E-state index is 13.0. The fourth-order valence-corrected chi connectivity index (χ4v) is 3.79. The van der Waals surface area contributed by atoms with E-state index in [-0.39, 0.29) is 24.0 Å². The number of ether oxygens (including phenoxy) is 1. The van der Waals surface area contributed by atoms with Crippen LogP contribution in [0.2, 0.25) is 0 Å². The van der Waals surface area contributed by atoms with Gasteiger partial charge in [-0.2, -0.15) is 0 Å². The van der Waals surface area contributed by atoms with Gasteiger partial charge in [0.05, 0.1) is 18.7 Å². The lowest BCUT2D eigenvalue weighted by atomic mass is 9.81. The number of rotatable bonds is 12. The predicted molar refractivity (Wildman–Crippen MR) is 140 cm³/mol. The number of amides is 1. The third kappa shape index (κ3) is 7.60. The van der Waals surface area contributed by atoms with E-state index in [1.165, 1.54) is 6.20 Å². The van der Waals surface area contributed by atoms with Gasteiger partial charge in [-0.15, -0.1) is 0 Å². The van der Waals surface area contributed by atoms with E-state index in [9.17, 15) is 14.4 Å². The van der Waals surface area contributed by atoms with Gasteiger partial charge in [0.25, 0.3) is 5.91 Å². The lowest BCUT2D eigenvalue weighted by Crippen LogP contribution is -2.29. The molecule has 1 N–H and O–H groups in total. The van der Waals surface area contributed by atoms with Crippen molar-refractivity contribution in [3.8, 4) is 5.75 Å². The maximum Gasteiger partial charge on any atom is 0.253 e. The van der Waals surface area contributed by atoms with E-state index in [4.69, 9.17) is 4.74 Å². The van der Waals surface area contributed by atoms with Crippen LogP contribution in [-0.4, -0.2) is 35.6 Å². The highest BCUT2D eigenvalue weighted by molar-refractivity contribution is 6.02. The topological polar surface area (TPSA) is 85.4 Å². The second kappa shape index (κ2) is 12.2. The molecule has 1 amide bonds. The summed E-state index contributed by atoms with van der Waals surface area (Å²) in [5.74, 6) is 0.497. The van der Waals surface area contributed by atoms with E-state index in [0.29, 0.717) is 24.2 Å². The number of hydrogen-bond donors (Lipinski definition) is 1. The molecule has 0 spiro atoms. The first-order valence-corrected chi connectivity index (χ1v) is 12.2. The molecule has 2 aromatic carbocycles. The molecular formula is C30H34N2O4. The highest BCUT2D eigenvalue weighted by atomic mass is 16.5. The van der Waals surface area contributed by atoms with Gasteiger partial charge >= 0.3 is 0 Å². The monoisotopic (exact) mass is 486 g/mol. The van der Waals surface area contributed by atoms with Gasteiger partial charge < -0.3 is 10.1 Å². The first-order chi connectivity index (χ1) is 17.2. The Balaban J connectivity index is 1.45. The second-order valence-electron chi connectivity index (χ2n) is 9.75. The summed E-state index contributed by atoms with van der Waals surface area (Å²) in [6.45, 7) is 8.46. The lowest BCUT2D eigenvalue weighted by Gasteiger charge is -2.23. The van der Waals surface area contributed by atoms with Crippen LogP contribution in [0, 0.1) is 19.3 Å². The Morgan fingerprint density at radius 3 is 2.42 bits per heavy atom. The Bertz CT molecular complexity index is 1200. The molecular weight excluding hydrogens is 452 g/mol. The van der Waals surface area contributed by atoms with E-state index in [1.54, 1.807) is 42.6 Å². The molecule has 3 rings (SSSR count). The zero-order valence-electron chi connectivity index (χ0n) is 21.5. The quantitative estimate of drug-likeness (QED) is 0.277. The van der Waals surface area contributed by atoms with Crippen LogP contribution >= 0.6 is 0 Å². The number of pyridine rings is 1. The standard InChI is InChI=1S/C30H34N2O4/c1-21-8-9-22(2)27(17-21)36-16-6-14-30(3,4)28(34)18-23-10-12-24(13-11-23)26(33)20-32-29(35)25-7-5-15-31-19-25/h5,7-13,15,17,19H,6,14,16,18,20H2,1-4H3,(H,32,35). The number of carbonyl (C=O) groups is 3. The van der Waals surface area contributed by atoms with Gasteiger partial charge in [-0.05, 0) is 61.6 Å². The number of aryl methyl sites for hydroxylation is 2. The Morgan fingerprint density at radius 1 is 0.972 bits per heavy atom. The van der Waals surface area contributed by atoms with Crippen molar-refractivity contribution in [2.75, 3.05) is 13.2 Å². The summed E-state index contributed by atoms with van der Waals surface area (Å²) in [5, 5.41) is 2.61. The van der Waals surface area contributed by atoms with Gasteiger partial charge in [0.15, 0.2) is 5.78 Å². The molecule has 1 aromatic heterocycles. The Kier molecular flexibility index (Phi) is 9.12. The molecule has 188 valence electrons. The first kappa shape index (κ1) is 26.8. The van der Waals surface area contributed by atoms with E-state index < -0.39 is 5.41 Å². The molecule has 6 nitrogen and oxygen atoms in total. The third-order valence-corrected chi connectivity index (χ3v) is 6.28. The SMILES string of the molecule is Cc1ccc(C)c(OCCCC(C)(C)C(=O)Cc2ccc(C(=O)CNC(=O)c3cccnc3)cc2)c1. The van der Waals surface area contributed by atoms with Crippen LogP contribution < -0.4 is 10.1 Å². The molecule has 1 heterocycles. The molecule has 0 unspecified atom stereocenters. The average Bonchev–Trinajstić information content (AvgIpc) is 2.87. The molecule has 0 fully saturated rings. The van der Waals surface area contributed by atoms with E-state index in [0.717, 1.165) is 35.3 Å².